The van der Waals surface area contributed by atoms with E-state index in [1.165, 1.54) is 24.3 Å². The van der Waals surface area contributed by atoms with Crippen LogP contribution < -0.4 is 5.32 Å². The molecule has 6 nitrogen and oxygen atoms in total. The van der Waals surface area contributed by atoms with Crippen LogP contribution in [0.5, 0.6) is 0 Å². The van der Waals surface area contributed by atoms with E-state index >= 15 is 0 Å². The quantitative estimate of drug-likeness (QED) is 0.240. The average molecular weight is 499 g/mol. The Morgan fingerprint density at radius 1 is 0.750 bits per heavy atom. The summed E-state index contributed by atoms with van der Waals surface area (Å²) < 4.78 is 32.8. The molecule has 4 aromatic carbocycles. The zero-order valence-corrected chi connectivity index (χ0v) is 20.8. The monoisotopic (exact) mass is 498 g/mol. The Hall–Kier alpha value is -4.23. The maximum atomic E-state index is 13.4. The molecule has 0 aliphatic rings. The molecule has 0 aliphatic heterocycles. The number of hydrogen-bond acceptors (Lipinski definition) is 5. The van der Waals surface area contributed by atoms with Crippen LogP contribution in [0.2, 0.25) is 0 Å². The molecule has 0 fully saturated rings. The second-order valence-electron chi connectivity index (χ2n) is 8.30. The zero-order chi connectivity index (χ0) is 25.5. The molecule has 0 spiro atoms. The standard InChI is InChI=1S/C29H26N2O4S/c1-21(2)35-29(23-13-7-4-8-14-23)31-25-16-10-18-27(20-25)36(33,34)26-17-9-15-24(19-26)30-28(32)22-11-5-3-6-12-22/h3-21H,1-2H3,(H,30,32)/b31-29-. The molecule has 0 aromatic heterocycles. The van der Waals surface area contributed by atoms with E-state index in [-0.39, 0.29) is 21.8 Å². The molecular weight excluding hydrogens is 472 g/mol. The molecule has 4 rings (SSSR count). The molecular formula is C29H26N2O4S. The Balaban J connectivity index is 1.64. The van der Waals surface area contributed by atoms with Gasteiger partial charge < -0.3 is 10.1 Å². The predicted octanol–water partition coefficient (Wildman–Crippen LogP) is 6.28. The van der Waals surface area contributed by atoms with E-state index in [9.17, 15) is 13.2 Å². The summed E-state index contributed by atoms with van der Waals surface area (Å²) >= 11 is 0. The van der Waals surface area contributed by atoms with E-state index in [1.807, 2.05) is 50.2 Å². The van der Waals surface area contributed by atoms with Crippen molar-refractivity contribution in [1.29, 1.82) is 0 Å². The van der Waals surface area contributed by atoms with Crippen LogP contribution in [0.1, 0.15) is 29.8 Å². The highest BCUT2D eigenvalue weighted by molar-refractivity contribution is 7.91. The van der Waals surface area contributed by atoms with Crippen LogP contribution in [0.3, 0.4) is 0 Å². The lowest BCUT2D eigenvalue weighted by Crippen LogP contribution is -2.13. The Bertz CT molecular complexity index is 1480. The van der Waals surface area contributed by atoms with Gasteiger partial charge in [-0.05, 0) is 74.5 Å². The fourth-order valence-electron chi connectivity index (χ4n) is 3.47. The van der Waals surface area contributed by atoms with Crippen molar-refractivity contribution in [2.24, 2.45) is 4.99 Å². The van der Waals surface area contributed by atoms with Crippen molar-refractivity contribution in [3.63, 3.8) is 0 Å². The van der Waals surface area contributed by atoms with Crippen molar-refractivity contribution in [3.05, 3.63) is 120 Å². The van der Waals surface area contributed by atoms with Gasteiger partial charge in [0.15, 0.2) is 0 Å². The number of aliphatic imine (C=N–C) groups is 1. The summed E-state index contributed by atoms with van der Waals surface area (Å²) in [5, 5.41) is 2.75. The third kappa shape index (κ3) is 6.06. The van der Waals surface area contributed by atoms with E-state index in [1.54, 1.807) is 48.5 Å². The van der Waals surface area contributed by atoms with Crippen molar-refractivity contribution in [1.82, 2.24) is 0 Å². The van der Waals surface area contributed by atoms with Crippen molar-refractivity contribution in [2.45, 2.75) is 29.7 Å². The summed E-state index contributed by atoms with van der Waals surface area (Å²) in [4.78, 5) is 17.3. The first-order chi connectivity index (χ1) is 17.3. The summed E-state index contributed by atoms with van der Waals surface area (Å²) in [5.74, 6) is 0.0887. The van der Waals surface area contributed by atoms with Crippen molar-refractivity contribution >= 4 is 33.0 Å². The van der Waals surface area contributed by atoms with Crippen LogP contribution in [0.25, 0.3) is 0 Å². The van der Waals surface area contributed by atoms with Gasteiger partial charge in [0.1, 0.15) is 0 Å². The van der Waals surface area contributed by atoms with Gasteiger partial charge in [-0.2, -0.15) is 0 Å². The van der Waals surface area contributed by atoms with E-state index < -0.39 is 9.84 Å². The molecule has 0 bridgehead atoms. The molecule has 0 saturated carbocycles. The highest BCUT2D eigenvalue weighted by atomic mass is 32.2. The number of anilines is 1. The van der Waals surface area contributed by atoms with Gasteiger partial charge in [0, 0.05) is 16.8 Å². The van der Waals surface area contributed by atoms with Crippen LogP contribution in [-0.4, -0.2) is 26.3 Å². The summed E-state index contributed by atoms with van der Waals surface area (Å²) in [6.45, 7) is 3.81. The predicted molar refractivity (Wildman–Crippen MR) is 142 cm³/mol. The Kier molecular flexibility index (Phi) is 7.61. The Morgan fingerprint density at radius 3 is 1.97 bits per heavy atom. The summed E-state index contributed by atoms with van der Waals surface area (Å²) in [7, 11) is -3.87. The fourth-order valence-corrected chi connectivity index (χ4v) is 4.82. The summed E-state index contributed by atoms with van der Waals surface area (Å²) in [5.41, 5.74) is 2.11. The van der Waals surface area contributed by atoms with Crippen LogP contribution in [0.15, 0.2) is 124 Å². The average Bonchev–Trinajstić information content (AvgIpc) is 2.89. The van der Waals surface area contributed by atoms with Gasteiger partial charge in [0.2, 0.25) is 15.7 Å². The molecule has 0 saturated heterocycles. The molecule has 1 N–H and O–H groups in total. The third-order valence-corrected chi connectivity index (χ3v) is 6.91. The molecule has 36 heavy (non-hydrogen) atoms. The topological polar surface area (TPSA) is 84.8 Å². The van der Waals surface area contributed by atoms with Crippen LogP contribution in [0, 0.1) is 0 Å². The van der Waals surface area contributed by atoms with E-state index in [2.05, 4.69) is 10.3 Å². The molecule has 4 aromatic rings. The van der Waals surface area contributed by atoms with E-state index in [0.29, 0.717) is 22.8 Å². The molecule has 0 radical (unpaired) electrons. The lowest BCUT2D eigenvalue weighted by atomic mass is 10.2. The van der Waals surface area contributed by atoms with Crippen molar-refractivity contribution in [2.75, 3.05) is 5.32 Å². The molecule has 0 heterocycles. The molecule has 1 amide bonds. The Labute approximate surface area is 211 Å². The number of rotatable bonds is 7. The van der Waals surface area contributed by atoms with Gasteiger partial charge in [-0.15, -0.1) is 0 Å². The van der Waals surface area contributed by atoms with E-state index in [4.69, 9.17) is 4.74 Å². The van der Waals surface area contributed by atoms with Gasteiger partial charge in [-0.25, -0.2) is 13.4 Å². The van der Waals surface area contributed by atoms with Gasteiger partial charge in [0.05, 0.1) is 21.6 Å². The SMILES string of the molecule is CC(C)O/C(=N\c1cccc(S(=O)(=O)c2cccc(NC(=O)c3ccccc3)c2)c1)c1ccccc1. The Morgan fingerprint density at radius 2 is 1.33 bits per heavy atom. The number of carbonyl (C=O) groups excluding carboxylic acids is 1. The van der Waals surface area contributed by atoms with Gasteiger partial charge in [-0.3, -0.25) is 4.79 Å². The minimum Gasteiger partial charge on any atom is -0.475 e. The largest absolute Gasteiger partial charge is 0.475 e. The second-order valence-corrected chi connectivity index (χ2v) is 10.2. The molecule has 0 atom stereocenters. The minimum absolute atomic E-state index is 0.0659. The first kappa shape index (κ1) is 24.9. The minimum atomic E-state index is -3.87. The van der Waals surface area contributed by atoms with E-state index in [0.717, 1.165) is 5.56 Å². The fraction of sp³-hybridized carbons (Fsp3) is 0.103. The lowest BCUT2D eigenvalue weighted by molar-refractivity contribution is 0.102. The van der Waals surface area contributed by atoms with Crippen LogP contribution in [0.4, 0.5) is 11.4 Å². The van der Waals surface area contributed by atoms with Crippen LogP contribution in [-0.2, 0) is 14.6 Å². The first-order valence-electron chi connectivity index (χ1n) is 11.5. The smallest absolute Gasteiger partial charge is 0.255 e. The second kappa shape index (κ2) is 11.0. The van der Waals surface area contributed by atoms with Crippen molar-refractivity contribution in [3.8, 4) is 0 Å². The number of amides is 1. The molecule has 7 heteroatoms. The summed E-state index contributed by atoms with van der Waals surface area (Å²) in [6, 6.07) is 30.8. The highest BCUT2D eigenvalue weighted by Crippen LogP contribution is 2.27. The normalized spacial score (nSPS) is 11.8. The highest BCUT2D eigenvalue weighted by Gasteiger charge is 2.19. The maximum Gasteiger partial charge on any atom is 0.255 e. The van der Waals surface area contributed by atoms with Gasteiger partial charge in [-0.1, -0.05) is 48.5 Å². The lowest BCUT2D eigenvalue weighted by Gasteiger charge is -2.13. The number of sulfone groups is 1. The number of nitrogens with zero attached hydrogens (tertiary/aromatic N) is 1. The zero-order valence-electron chi connectivity index (χ0n) is 20.0. The number of carbonyl (C=O) groups is 1. The number of benzene rings is 4. The number of nitrogens with one attached hydrogen (secondary N) is 1. The number of ether oxygens (including phenoxy) is 1. The third-order valence-electron chi connectivity index (χ3n) is 5.16. The first-order valence-corrected chi connectivity index (χ1v) is 12.9. The summed E-state index contributed by atoms with van der Waals surface area (Å²) in [6.07, 6.45) is -0.107. The molecule has 182 valence electrons. The maximum absolute atomic E-state index is 13.4. The number of hydrogen-bond donors (Lipinski definition) is 1. The van der Waals surface area contributed by atoms with Gasteiger partial charge in [0.25, 0.3) is 5.91 Å². The van der Waals surface area contributed by atoms with Crippen LogP contribution >= 0.6 is 0 Å². The molecule has 0 unspecified atom stereocenters. The van der Waals surface area contributed by atoms with Crippen molar-refractivity contribution < 1.29 is 17.9 Å². The molecule has 0 aliphatic carbocycles. The van der Waals surface area contributed by atoms with Gasteiger partial charge >= 0.3 is 0 Å².